The Morgan fingerprint density at radius 2 is 1.88 bits per heavy atom. The highest BCUT2D eigenvalue weighted by atomic mass is 32.1. The van der Waals surface area contributed by atoms with Gasteiger partial charge in [-0.15, -0.1) is 11.3 Å². The van der Waals surface area contributed by atoms with E-state index in [0.29, 0.717) is 12.1 Å². The average Bonchev–Trinajstić information content (AvgIpc) is 3.46. The van der Waals surface area contributed by atoms with Crippen LogP contribution in [-0.4, -0.2) is 31.4 Å². The van der Waals surface area contributed by atoms with Crippen molar-refractivity contribution in [3.8, 4) is 0 Å². The van der Waals surface area contributed by atoms with Crippen LogP contribution in [-0.2, 0) is 11.2 Å². The van der Waals surface area contributed by atoms with Gasteiger partial charge in [-0.2, -0.15) is 0 Å². The third-order valence-corrected chi connectivity index (χ3v) is 6.33. The molecule has 2 N–H and O–H groups in total. The van der Waals surface area contributed by atoms with Crippen LogP contribution in [0.3, 0.4) is 0 Å². The van der Waals surface area contributed by atoms with Gasteiger partial charge in [0.1, 0.15) is 5.70 Å². The molecule has 164 valence electrons. The maximum absolute atomic E-state index is 12.9. The van der Waals surface area contributed by atoms with Gasteiger partial charge >= 0.3 is 0 Å². The molecule has 0 fully saturated rings. The lowest BCUT2D eigenvalue weighted by molar-refractivity contribution is -0.117. The number of nitrogens with zero attached hydrogens (tertiary/aromatic N) is 1. The Morgan fingerprint density at radius 3 is 2.66 bits per heavy atom. The molecule has 2 aromatic carbocycles. The minimum Gasteiger partial charge on any atom is -0.371 e. The molecule has 0 saturated carbocycles. The van der Waals surface area contributed by atoms with Crippen molar-refractivity contribution in [2.75, 3.05) is 24.5 Å². The Kier molecular flexibility index (Phi) is 7.02. The van der Waals surface area contributed by atoms with Crippen molar-refractivity contribution in [2.45, 2.75) is 19.8 Å². The van der Waals surface area contributed by atoms with Gasteiger partial charge in [-0.3, -0.25) is 9.59 Å². The number of hydrogen-bond donors (Lipinski definition) is 2. The molecule has 1 aliphatic rings. The number of amides is 2. The molecule has 1 aliphatic heterocycles. The van der Waals surface area contributed by atoms with Crippen LogP contribution in [0.1, 0.15) is 32.8 Å². The molecule has 32 heavy (non-hydrogen) atoms. The number of aryl methyl sites for hydroxylation is 1. The lowest BCUT2D eigenvalue weighted by Gasteiger charge is -2.19. The Morgan fingerprint density at radius 1 is 1.06 bits per heavy atom. The smallest absolute Gasteiger partial charge is 0.267 e. The first-order chi connectivity index (χ1) is 15.6. The molecular weight excluding hydrogens is 418 g/mol. The number of hydrogen-bond acceptors (Lipinski definition) is 4. The van der Waals surface area contributed by atoms with Crippen molar-refractivity contribution < 1.29 is 9.59 Å². The number of para-hydroxylation sites is 1. The van der Waals surface area contributed by atoms with Crippen molar-refractivity contribution in [1.29, 1.82) is 0 Å². The molecule has 2 amide bonds. The first-order valence-electron chi connectivity index (χ1n) is 10.8. The predicted molar refractivity (Wildman–Crippen MR) is 131 cm³/mol. The zero-order valence-corrected chi connectivity index (χ0v) is 19.0. The summed E-state index contributed by atoms with van der Waals surface area (Å²) < 4.78 is 0. The zero-order chi connectivity index (χ0) is 22.3. The molecule has 0 spiro atoms. The summed E-state index contributed by atoms with van der Waals surface area (Å²) in [6, 6.07) is 19.6. The quantitative estimate of drug-likeness (QED) is 0.399. The molecule has 6 heteroatoms. The van der Waals surface area contributed by atoms with Gasteiger partial charge < -0.3 is 15.5 Å². The highest BCUT2D eigenvalue weighted by molar-refractivity contribution is 7.10. The van der Waals surface area contributed by atoms with Crippen LogP contribution < -0.4 is 15.5 Å². The summed E-state index contributed by atoms with van der Waals surface area (Å²) in [5, 5.41) is 7.70. The fourth-order valence-electron chi connectivity index (χ4n) is 3.78. The second kappa shape index (κ2) is 10.3. The van der Waals surface area contributed by atoms with E-state index < -0.39 is 0 Å². The Labute approximate surface area is 192 Å². The van der Waals surface area contributed by atoms with Gasteiger partial charge in [-0.1, -0.05) is 42.0 Å². The Balaban J connectivity index is 1.35. The summed E-state index contributed by atoms with van der Waals surface area (Å²) in [4.78, 5) is 28.8. The number of carbonyl (C=O) groups excluding carboxylic acids is 2. The van der Waals surface area contributed by atoms with Crippen LogP contribution in [0.25, 0.3) is 6.08 Å². The molecule has 0 bridgehead atoms. The van der Waals surface area contributed by atoms with E-state index in [1.165, 1.54) is 22.6 Å². The van der Waals surface area contributed by atoms with Crippen molar-refractivity contribution in [1.82, 2.24) is 10.6 Å². The van der Waals surface area contributed by atoms with Crippen molar-refractivity contribution in [3.05, 3.63) is 93.3 Å². The van der Waals surface area contributed by atoms with E-state index in [2.05, 4.69) is 39.8 Å². The largest absolute Gasteiger partial charge is 0.371 e. The van der Waals surface area contributed by atoms with Crippen LogP contribution in [0.5, 0.6) is 0 Å². The average molecular weight is 446 g/mol. The van der Waals surface area contributed by atoms with Gasteiger partial charge in [-0.05, 0) is 61.1 Å². The maximum Gasteiger partial charge on any atom is 0.267 e. The molecule has 3 aromatic rings. The Bertz CT molecular complexity index is 1100. The van der Waals surface area contributed by atoms with Crippen LogP contribution in [0.4, 0.5) is 5.69 Å². The molecule has 0 radical (unpaired) electrons. The fourth-order valence-corrected chi connectivity index (χ4v) is 4.44. The number of nitrogens with one attached hydrogen (secondary N) is 2. The van der Waals surface area contributed by atoms with Gasteiger partial charge in [0.25, 0.3) is 11.8 Å². The first kappa shape index (κ1) is 21.8. The van der Waals surface area contributed by atoms with Crippen molar-refractivity contribution >= 4 is 34.9 Å². The third-order valence-electron chi connectivity index (χ3n) is 5.51. The van der Waals surface area contributed by atoms with E-state index in [-0.39, 0.29) is 17.5 Å². The Hall–Kier alpha value is -3.38. The SMILES string of the molecule is Cc1ccc(C(=O)N/C(=C\c2cccs2)C(=O)NCCCN2CCc3ccccc32)cc1. The number of fused-ring (bicyclic) bond motifs is 1. The molecule has 0 unspecified atom stereocenters. The highest BCUT2D eigenvalue weighted by Gasteiger charge is 2.18. The predicted octanol–water partition coefficient (Wildman–Crippen LogP) is 4.40. The van der Waals surface area contributed by atoms with Gasteiger partial charge in [0.2, 0.25) is 0 Å². The van der Waals surface area contributed by atoms with E-state index in [4.69, 9.17) is 0 Å². The van der Waals surface area contributed by atoms with Gasteiger partial charge in [0, 0.05) is 35.8 Å². The second-order valence-corrected chi connectivity index (χ2v) is 8.85. The summed E-state index contributed by atoms with van der Waals surface area (Å²) in [7, 11) is 0. The number of carbonyl (C=O) groups is 2. The number of thiophene rings is 1. The topological polar surface area (TPSA) is 61.4 Å². The first-order valence-corrected chi connectivity index (χ1v) is 11.7. The molecule has 2 heterocycles. The minimum atomic E-state index is -0.295. The van der Waals surface area contributed by atoms with Gasteiger partial charge in [0.05, 0.1) is 0 Å². The summed E-state index contributed by atoms with van der Waals surface area (Å²) in [5.41, 5.74) is 4.53. The second-order valence-electron chi connectivity index (χ2n) is 7.87. The molecule has 0 atom stereocenters. The maximum atomic E-state index is 12.9. The van der Waals surface area contributed by atoms with Crippen LogP contribution >= 0.6 is 11.3 Å². The fraction of sp³-hybridized carbons (Fsp3) is 0.231. The minimum absolute atomic E-state index is 0.254. The lowest BCUT2D eigenvalue weighted by Crippen LogP contribution is -2.36. The summed E-state index contributed by atoms with van der Waals surface area (Å²) in [5.74, 6) is -0.572. The van der Waals surface area contributed by atoms with E-state index >= 15 is 0 Å². The molecule has 4 rings (SSSR count). The van der Waals surface area contributed by atoms with Crippen LogP contribution in [0.15, 0.2) is 71.7 Å². The van der Waals surface area contributed by atoms with Crippen molar-refractivity contribution in [3.63, 3.8) is 0 Å². The molecular formula is C26H27N3O2S. The van der Waals surface area contributed by atoms with Gasteiger partial charge in [-0.25, -0.2) is 0 Å². The van der Waals surface area contributed by atoms with Crippen LogP contribution in [0.2, 0.25) is 0 Å². The van der Waals surface area contributed by atoms with E-state index in [9.17, 15) is 9.59 Å². The molecule has 5 nitrogen and oxygen atoms in total. The summed E-state index contributed by atoms with van der Waals surface area (Å²) in [6.07, 6.45) is 3.63. The number of anilines is 1. The molecule has 0 saturated heterocycles. The van der Waals surface area contributed by atoms with E-state index in [1.54, 1.807) is 18.2 Å². The van der Waals surface area contributed by atoms with E-state index in [1.807, 2.05) is 36.6 Å². The lowest BCUT2D eigenvalue weighted by atomic mass is 10.1. The van der Waals surface area contributed by atoms with Crippen LogP contribution in [0, 0.1) is 6.92 Å². The highest BCUT2D eigenvalue weighted by Crippen LogP contribution is 2.27. The number of rotatable bonds is 8. The van der Waals surface area contributed by atoms with Crippen molar-refractivity contribution in [2.24, 2.45) is 0 Å². The third kappa shape index (κ3) is 5.45. The summed E-state index contributed by atoms with van der Waals surface area (Å²) >= 11 is 1.52. The zero-order valence-electron chi connectivity index (χ0n) is 18.1. The summed E-state index contributed by atoms with van der Waals surface area (Å²) in [6.45, 7) is 4.41. The number of benzene rings is 2. The standard InChI is InChI=1S/C26H27N3O2S/c1-19-9-11-21(12-10-19)25(30)28-23(18-22-7-4-17-32-22)26(31)27-14-5-15-29-16-13-20-6-2-3-8-24(20)29/h2-4,6-12,17-18H,5,13-16H2,1H3,(H,27,31)(H,28,30)/b23-18-. The monoisotopic (exact) mass is 445 g/mol. The molecule has 0 aliphatic carbocycles. The van der Waals surface area contributed by atoms with E-state index in [0.717, 1.165) is 36.4 Å². The normalized spacial score (nSPS) is 13.0. The molecule has 1 aromatic heterocycles. The van der Waals surface area contributed by atoms with Gasteiger partial charge in [0.15, 0.2) is 0 Å².